The Hall–Kier alpha value is -2.20. The summed E-state index contributed by atoms with van der Waals surface area (Å²) in [5, 5.41) is 11.0. The number of ether oxygens (including phenoxy) is 5. The third-order valence-electron chi connectivity index (χ3n) is 5.10. The first-order chi connectivity index (χ1) is 16.2. The lowest BCUT2D eigenvalue weighted by molar-refractivity contribution is -0.310. The van der Waals surface area contributed by atoms with Gasteiger partial charge in [-0.05, 0) is 47.1 Å². The average Bonchev–Trinajstić information content (AvgIpc) is 2.78. The fraction of sp³-hybridized carbons (Fsp3) is 0.640. The maximum atomic E-state index is 12.7. The van der Waals surface area contributed by atoms with E-state index in [4.69, 9.17) is 35.3 Å². The molecule has 35 heavy (non-hydrogen) atoms. The van der Waals surface area contributed by atoms with Crippen molar-refractivity contribution in [3.05, 3.63) is 35.9 Å². The molecule has 0 bridgehead atoms. The van der Waals surface area contributed by atoms with Gasteiger partial charge < -0.3 is 28.8 Å². The van der Waals surface area contributed by atoms with Gasteiger partial charge in [-0.3, -0.25) is 14.4 Å². The molecule has 0 amide bonds. The molecule has 1 aliphatic heterocycles. The van der Waals surface area contributed by atoms with Crippen LogP contribution in [0.5, 0.6) is 0 Å². The van der Waals surface area contributed by atoms with Crippen molar-refractivity contribution in [2.75, 3.05) is 12.5 Å². The Morgan fingerprint density at radius 2 is 1.54 bits per heavy atom. The molecule has 5 atom stereocenters. The molecule has 0 aromatic heterocycles. The van der Waals surface area contributed by atoms with Crippen LogP contribution in [-0.2, 0) is 44.7 Å². The van der Waals surface area contributed by atoms with Crippen LogP contribution in [0.25, 0.3) is 0 Å². The van der Waals surface area contributed by atoms with E-state index < -0.39 is 65.3 Å². The fourth-order valence-electron chi connectivity index (χ4n) is 3.03. The van der Waals surface area contributed by atoms with Crippen molar-refractivity contribution in [1.82, 2.24) is 0 Å². The molecule has 0 spiro atoms. The minimum atomic E-state index is -1.49. The van der Waals surface area contributed by atoms with E-state index in [1.54, 1.807) is 41.5 Å². The Morgan fingerprint density at radius 3 is 2.09 bits per heavy atom. The molecule has 1 saturated heterocycles. The van der Waals surface area contributed by atoms with Crippen LogP contribution in [-0.4, -0.2) is 66.2 Å². The highest BCUT2D eigenvalue weighted by atomic mass is 35.5. The Balaban J connectivity index is 2.33. The molecule has 1 aromatic rings. The van der Waals surface area contributed by atoms with Crippen LogP contribution in [0.15, 0.2) is 30.3 Å². The van der Waals surface area contributed by atoms with Crippen molar-refractivity contribution >= 4 is 29.5 Å². The number of carbonyl (C=O) groups excluding carboxylic acids is 3. The van der Waals surface area contributed by atoms with Crippen molar-refractivity contribution in [1.29, 1.82) is 0 Å². The Morgan fingerprint density at radius 1 is 0.943 bits per heavy atom. The zero-order valence-electron chi connectivity index (χ0n) is 21.0. The number of halogens is 1. The van der Waals surface area contributed by atoms with Crippen LogP contribution in [0.2, 0.25) is 0 Å². The summed E-state index contributed by atoms with van der Waals surface area (Å²) in [5.74, 6) is -2.42. The number of rotatable bonds is 8. The van der Waals surface area contributed by atoms with Gasteiger partial charge in [0.15, 0.2) is 18.5 Å². The first-order valence-electron chi connectivity index (χ1n) is 11.4. The van der Waals surface area contributed by atoms with Crippen LogP contribution in [0.1, 0.15) is 47.1 Å². The van der Waals surface area contributed by atoms with Crippen molar-refractivity contribution < 1.29 is 43.2 Å². The number of esters is 3. The van der Waals surface area contributed by atoms with E-state index >= 15 is 0 Å². The SMILES string of the molecule is CC(C)(C)C(=O)OCC1OC(OCc2ccccc2)[C@@H](OC(=O)CCl)[C@@H](OC(=O)C(C)(C)C)[C@H]1O. The Bertz CT molecular complexity index is 860. The fourth-order valence-corrected chi connectivity index (χ4v) is 3.10. The molecule has 2 unspecified atom stereocenters. The summed E-state index contributed by atoms with van der Waals surface area (Å²) >= 11 is 5.63. The summed E-state index contributed by atoms with van der Waals surface area (Å²) in [6.07, 6.45) is -6.53. The number of carbonyl (C=O) groups is 3. The first-order valence-corrected chi connectivity index (χ1v) is 11.9. The zero-order chi connectivity index (χ0) is 26.4. The lowest BCUT2D eigenvalue weighted by Gasteiger charge is -2.43. The smallest absolute Gasteiger partial charge is 0.321 e. The van der Waals surface area contributed by atoms with Gasteiger partial charge in [-0.15, -0.1) is 11.6 Å². The van der Waals surface area contributed by atoms with Gasteiger partial charge in [-0.2, -0.15) is 0 Å². The highest BCUT2D eigenvalue weighted by molar-refractivity contribution is 6.26. The van der Waals surface area contributed by atoms with Crippen LogP contribution >= 0.6 is 11.6 Å². The highest BCUT2D eigenvalue weighted by Crippen LogP contribution is 2.30. The molecule has 1 N–H and O–H groups in total. The van der Waals surface area contributed by atoms with Crippen molar-refractivity contribution in [3.8, 4) is 0 Å². The van der Waals surface area contributed by atoms with Crippen LogP contribution in [0.4, 0.5) is 0 Å². The second-order valence-corrected chi connectivity index (χ2v) is 10.7. The minimum absolute atomic E-state index is 0.0744. The van der Waals surface area contributed by atoms with Gasteiger partial charge in [0.25, 0.3) is 0 Å². The third-order valence-corrected chi connectivity index (χ3v) is 5.32. The van der Waals surface area contributed by atoms with Crippen LogP contribution in [0, 0.1) is 10.8 Å². The topological polar surface area (TPSA) is 118 Å². The summed E-state index contributed by atoms with van der Waals surface area (Å²) in [6.45, 7) is 9.75. The number of hydrogen-bond donors (Lipinski definition) is 1. The normalized spacial score (nSPS) is 25.0. The highest BCUT2D eigenvalue weighted by Gasteiger charge is 2.51. The first kappa shape index (κ1) is 29.0. The van der Waals surface area contributed by atoms with Crippen molar-refractivity contribution in [3.63, 3.8) is 0 Å². The summed E-state index contributed by atoms with van der Waals surface area (Å²) in [7, 11) is 0. The zero-order valence-corrected chi connectivity index (χ0v) is 21.7. The van der Waals surface area contributed by atoms with Gasteiger partial charge in [-0.1, -0.05) is 30.3 Å². The Kier molecular flexibility index (Phi) is 10.1. The molecule has 1 aliphatic rings. The van der Waals surface area contributed by atoms with Gasteiger partial charge in [0.2, 0.25) is 0 Å². The summed E-state index contributed by atoms with van der Waals surface area (Å²) in [5.41, 5.74) is -0.879. The van der Waals surface area contributed by atoms with E-state index in [0.717, 1.165) is 5.56 Å². The molecule has 2 rings (SSSR count). The predicted molar refractivity (Wildman–Crippen MR) is 126 cm³/mol. The summed E-state index contributed by atoms with van der Waals surface area (Å²) < 4.78 is 28.1. The van der Waals surface area contributed by atoms with E-state index in [2.05, 4.69) is 0 Å². The summed E-state index contributed by atoms with van der Waals surface area (Å²) in [4.78, 5) is 37.1. The molecule has 196 valence electrons. The molecule has 0 saturated carbocycles. The van der Waals surface area contributed by atoms with E-state index in [0.29, 0.717) is 0 Å². The van der Waals surface area contributed by atoms with Gasteiger partial charge in [0, 0.05) is 0 Å². The number of hydrogen-bond acceptors (Lipinski definition) is 9. The molecule has 10 heteroatoms. The second kappa shape index (κ2) is 12.2. The molecule has 1 aromatic carbocycles. The maximum Gasteiger partial charge on any atom is 0.321 e. The van der Waals surface area contributed by atoms with E-state index in [-0.39, 0.29) is 13.2 Å². The third kappa shape index (κ3) is 8.45. The lowest BCUT2D eigenvalue weighted by Crippen LogP contribution is -2.62. The molecule has 0 aliphatic carbocycles. The van der Waals surface area contributed by atoms with E-state index in [1.165, 1.54) is 0 Å². The monoisotopic (exact) mass is 514 g/mol. The number of aliphatic hydroxyl groups is 1. The average molecular weight is 515 g/mol. The molecule has 9 nitrogen and oxygen atoms in total. The minimum Gasteiger partial charge on any atom is -0.462 e. The number of benzene rings is 1. The van der Waals surface area contributed by atoms with Gasteiger partial charge in [-0.25, -0.2) is 0 Å². The second-order valence-electron chi connectivity index (χ2n) is 10.4. The molecule has 0 radical (unpaired) electrons. The summed E-state index contributed by atoms with van der Waals surface area (Å²) in [6, 6.07) is 9.17. The van der Waals surface area contributed by atoms with Gasteiger partial charge in [0.05, 0.1) is 17.4 Å². The van der Waals surface area contributed by atoms with Crippen LogP contribution < -0.4 is 0 Å². The van der Waals surface area contributed by atoms with E-state index in [1.807, 2.05) is 30.3 Å². The lowest BCUT2D eigenvalue weighted by atomic mass is 9.95. The predicted octanol–water partition coefficient (Wildman–Crippen LogP) is 2.99. The molecular weight excluding hydrogens is 480 g/mol. The Labute approximate surface area is 211 Å². The molecule has 1 heterocycles. The van der Waals surface area contributed by atoms with Crippen molar-refractivity contribution in [2.24, 2.45) is 10.8 Å². The van der Waals surface area contributed by atoms with E-state index in [9.17, 15) is 19.5 Å². The van der Waals surface area contributed by atoms with Gasteiger partial charge >= 0.3 is 17.9 Å². The van der Waals surface area contributed by atoms with Gasteiger partial charge in [0.1, 0.15) is 24.7 Å². The number of alkyl halides is 1. The standard InChI is InChI=1S/C25H35ClO9/c1-24(2,3)22(29)32-14-16-18(28)19(35-23(30)25(4,5)6)20(34-17(27)12-26)21(33-16)31-13-15-10-8-7-9-11-15/h7-11,16,18-21,28H,12-14H2,1-6H3/t16?,18-,19-,20-,21?/m0/s1. The largest absolute Gasteiger partial charge is 0.462 e. The van der Waals surface area contributed by atoms with Crippen LogP contribution in [0.3, 0.4) is 0 Å². The molecular formula is C25H35ClO9. The quantitative estimate of drug-likeness (QED) is 0.317. The number of aliphatic hydroxyl groups excluding tert-OH is 1. The molecule has 1 fully saturated rings. The van der Waals surface area contributed by atoms with Crippen molar-refractivity contribution in [2.45, 2.75) is 78.9 Å². The maximum absolute atomic E-state index is 12.7.